The number of fused-ring (bicyclic) bond motifs is 1. The van der Waals surface area contributed by atoms with Gasteiger partial charge in [0.15, 0.2) is 6.10 Å². The highest BCUT2D eigenvalue weighted by atomic mass is 35.5. The van der Waals surface area contributed by atoms with Crippen LogP contribution in [0.15, 0.2) is 48.2 Å². The summed E-state index contributed by atoms with van der Waals surface area (Å²) in [6.07, 6.45) is 0.633. The first kappa shape index (κ1) is 16.2. The van der Waals surface area contributed by atoms with Gasteiger partial charge in [0.05, 0.1) is 18.5 Å². The summed E-state index contributed by atoms with van der Waals surface area (Å²) in [5.74, 6) is 0.136. The van der Waals surface area contributed by atoms with Gasteiger partial charge in [-0.15, -0.1) is 0 Å². The van der Waals surface area contributed by atoms with Crippen molar-refractivity contribution in [3.8, 4) is 11.5 Å². The number of rotatable bonds is 2. The summed E-state index contributed by atoms with van der Waals surface area (Å²) in [7, 11) is 1.30. The summed E-state index contributed by atoms with van der Waals surface area (Å²) in [6.45, 7) is 1.91. The molecule has 0 aromatic heterocycles. The maximum absolute atomic E-state index is 11.7. The van der Waals surface area contributed by atoms with E-state index in [1.807, 2.05) is 13.0 Å². The van der Waals surface area contributed by atoms with Crippen molar-refractivity contribution >= 4 is 23.3 Å². The normalized spacial score (nSPS) is 17.6. The largest absolute Gasteiger partial charge is 0.508 e. The Balaban J connectivity index is 2.10. The van der Waals surface area contributed by atoms with E-state index in [0.717, 1.165) is 5.56 Å². The van der Waals surface area contributed by atoms with Crippen molar-refractivity contribution in [1.29, 1.82) is 0 Å². The first-order valence-corrected chi connectivity index (χ1v) is 7.68. The van der Waals surface area contributed by atoms with Gasteiger partial charge in [0, 0.05) is 16.7 Å². The van der Waals surface area contributed by atoms with Crippen molar-refractivity contribution in [2.45, 2.75) is 13.0 Å². The van der Waals surface area contributed by atoms with Crippen LogP contribution in [-0.4, -0.2) is 18.2 Å². The summed E-state index contributed by atoms with van der Waals surface area (Å²) in [6, 6.07) is 10.4. The van der Waals surface area contributed by atoms with Crippen molar-refractivity contribution < 1.29 is 19.4 Å². The van der Waals surface area contributed by atoms with E-state index < -0.39 is 12.1 Å². The Morgan fingerprint density at radius 2 is 2.12 bits per heavy atom. The fraction of sp³-hybridized carbons (Fsp3) is 0.167. The number of hydrogen-bond donors (Lipinski definition) is 2. The molecule has 1 unspecified atom stereocenters. The van der Waals surface area contributed by atoms with Gasteiger partial charge in [0.1, 0.15) is 11.5 Å². The van der Waals surface area contributed by atoms with Gasteiger partial charge in [-0.3, -0.25) is 0 Å². The molecule has 0 aliphatic carbocycles. The monoisotopic (exact) mass is 345 g/mol. The highest BCUT2D eigenvalue weighted by Crippen LogP contribution is 2.42. The number of methoxy groups -OCH3 is 1. The van der Waals surface area contributed by atoms with Crippen LogP contribution in [0.5, 0.6) is 11.5 Å². The summed E-state index contributed by atoms with van der Waals surface area (Å²) >= 11 is 6.01. The Bertz CT molecular complexity index is 832. The number of halogens is 1. The number of ether oxygens (including phenoxy) is 2. The molecule has 1 aliphatic rings. The molecule has 124 valence electrons. The van der Waals surface area contributed by atoms with Gasteiger partial charge < -0.3 is 19.9 Å². The zero-order valence-electron chi connectivity index (χ0n) is 13.2. The van der Waals surface area contributed by atoms with Crippen molar-refractivity contribution in [3.63, 3.8) is 0 Å². The number of phenols is 1. The summed E-state index contributed by atoms with van der Waals surface area (Å²) in [4.78, 5) is 11.7. The highest BCUT2D eigenvalue weighted by Gasteiger charge is 2.29. The lowest BCUT2D eigenvalue weighted by atomic mass is 10.0. The predicted molar refractivity (Wildman–Crippen MR) is 91.4 cm³/mol. The Kier molecular flexibility index (Phi) is 4.36. The number of carbonyl (C=O) groups excluding carboxylic acids is 1. The number of carbonyl (C=O) groups is 1. The standard InChI is InChI=1S/C18H16ClNO4/c1-10-3-5-15(21)12(7-10)18-14(9-17(22)23-2)20-13-8-11(19)4-6-16(13)24-18/h3-9,18,20-21H,1-2H3/b14-9-. The number of phenolic OH excluding ortho intramolecular Hbond substituents is 1. The number of hydrogen-bond acceptors (Lipinski definition) is 5. The van der Waals surface area contributed by atoms with E-state index in [1.54, 1.807) is 30.3 Å². The molecule has 2 aromatic carbocycles. The van der Waals surface area contributed by atoms with E-state index in [0.29, 0.717) is 27.7 Å². The Hall–Kier alpha value is -2.66. The lowest BCUT2D eigenvalue weighted by Gasteiger charge is -2.30. The molecule has 6 heteroatoms. The van der Waals surface area contributed by atoms with Gasteiger partial charge in [0.25, 0.3) is 0 Å². The number of aryl methyl sites for hydroxylation is 1. The minimum absolute atomic E-state index is 0.0839. The van der Waals surface area contributed by atoms with Crippen LogP contribution in [-0.2, 0) is 9.53 Å². The zero-order valence-corrected chi connectivity index (χ0v) is 13.9. The molecule has 1 atom stereocenters. The number of aromatic hydroxyl groups is 1. The van der Waals surface area contributed by atoms with Crippen molar-refractivity contribution in [1.82, 2.24) is 0 Å². The van der Waals surface area contributed by atoms with Gasteiger partial charge in [0.2, 0.25) is 0 Å². The van der Waals surface area contributed by atoms with Crippen LogP contribution in [0.3, 0.4) is 0 Å². The summed E-state index contributed by atoms with van der Waals surface area (Å²) < 4.78 is 10.7. The van der Waals surface area contributed by atoms with Gasteiger partial charge >= 0.3 is 5.97 Å². The average molecular weight is 346 g/mol. The van der Waals surface area contributed by atoms with Crippen LogP contribution in [0.2, 0.25) is 5.02 Å². The van der Waals surface area contributed by atoms with Gasteiger partial charge in [-0.25, -0.2) is 4.79 Å². The van der Waals surface area contributed by atoms with Crippen LogP contribution in [0, 0.1) is 6.92 Å². The first-order valence-electron chi connectivity index (χ1n) is 7.30. The second-order valence-electron chi connectivity index (χ2n) is 5.45. The molecule has 0 saturated carbocycles. The number of benzene rings is 2. The third-order valence-electron chi connectivity index (χ3n) is 3.69. The van der Waals surface area contributed by atoms with Crippen molar-refractivity contribution in [3.05, 3.63) is 64.3 Å². The Labute approximate surface area is 144 Å². The van der Waals surface area contributed by atoms with Crippen LogP contribution >= 0.6 is 11.6 Å². The first-order chi connectivity index (χ1) is 11.5. The number of esters is 1. The second-order valence-corrected chi connectivity index (χ2v) is 5.88. The summed E-state index contributed by atoms with van der Waals surface area (Å²) in [5, 5.41) is 13.9. The molecular formula is C18H16ClNO4. The molecule has 2 aromatic rings. The predicted octanol–water partition coefficient (Wildman–Crippen LogP) is 3.96. The molecule has 0 bridgehead atoms. The lowest BCUT2D eigenvalue weighted by molar-refractivity contribution is -0.134. The van der Waals surface area contributed by atoms with E-state index in [9.17, 15) is 9.90 Å². The lowest BCUT2D eigenvalue weighted by Crippen LogP contribution is -2.23. The topological polar surface area (TPSA) is 67.8 Å². The second kappa shape index (κ2) is 6.45. The molecule has 1 heterocycles. The quantitative estimate of drug-likeness (QED) is 0.637. The molecular weight excluding hydrogens is 330 g/mol. The van der Waals surface area contributed by atoms with Gasteiger partial charge in [-0.2, -0.15) is 0 Å². The van der Waals surface area contributed by atoms with Crippen LogP contribution in [0.1, 0.15) is 17.2 Å². The Morgan fingerprint density at radius 1 is 1.33 bits per heavy atom. The van der Waals surface area contributed by atoms with Crippen LogP contribution in [0.4, 0.5) is 5.69 Å². The molecule has 3 rings (SSSR count). The van der Waals surface area contributed by atoms with Gasteiger partial charge in [-0.1, -0.05) is 23.2 Å². The SMILES string of the molecule is COC(=O)/C=C1\Nc2cc(Cl)ccc2OC1c1cc(C)ccc1O. The zero-order chi connectivity index (χ0) is 17.3. The van der Waals surface area contributed by atoms with Crippen LogP contribution < -0.4 is 10.1 Å². The molecule has 5 nitrogen and oxygen atoms in total. The molecule has 0 spiro atoms. The number of nitrogens with one attached hydrogen (secondary N) is 1. The molecule has 2 N–H and O–H groups in total. The maximum Gasteiger partial charge on any atom is 0.332 e. The third-order valence-corrected chi connectivity index (χ3v) is 3.92. The summed E-state index contributed by atoms with van der Waals surface area (Å²) in [5.41, 5.74) is 2.61. The van der Waals surface area contributed by atoms with Crippen molar-refractivity contribution in [2.24, 2.45) is 0 Å². The molecule has 0 saturated heterocycles. The minimum Gasteiger partial charge on any atom is -0.508 e. The maximum atomic E-state index is 11.7. The van der Waals surface area contributed by atoms with Gasteiger partial charge in [-0.05, 0) is 37.3 Å². The smallest absolute Gasteiger partial charge is 0.332 e. The molecule has 1 aliphatic heterocycles. The Morgan fingerprint density at radius 3 is 2.88 bits per heavy atom. The third kappa shape index (κ3) is 3.16. The molecule has 0 amide bonds. The van der Waals surface area contributed by atoms with E-state index in [2.05, 4.69) is 5.32 Å². The van der Waals surface area contributed by atoms with Crippen LogP contribution in [0.25, 0.3) is 0 Å². The van der Waals surface area contributed by atoms with E-state index in [-0.39, 0.29) is 5.75 Å². The molecule has 0 fully saturated rings. The van der Waals surface area contributed by atoms with Crippen molar-refractivity contribution in [2.75, 3.05) is 12.4 Å². The fourth-order valence-corrected chi connectivity index (χ4v) is 2.70. The average Bonchev–Trinajstić information content (AvgIpc) is 2.56. The molecule has 24 heavy (non-hydrogen) atoms. The van der Waals surface area contributed by atoms with E-state index >= 15 is 0 Å². The minimum atomic E-state index is -0.669. The van der Waals surface area contributed by atoms with E-state index in [1.165, 1.54) is 13.2 Å². The fourth-order valence-electron chi connectivity index (χ4n) is 2.53. The number of anilines is 1. The highest BCUT2D eigenvalue weighted by molar-refractivity contribution is 6.31. The van der Waals surface area contributed by atoms with E-state index in [4.69, 9.17) is 21.1 Å². The molecule has 0 radical (unpaired) electrons.